The minimum Gasteiger partial charge on any atom is -0.338 e. The van der Waals surface area contributed by atoms with Gasteiger partial charge in [-0.3, -0.25) is 9.59 Å². The fraction of sp³-hybridized carbons (Fsp3) is 0.762. The van der Waals surface area contributed by atoms with E-state index in [0.717, 1.165) is 32.4 Å². The van der Waals surface area contributed by atoms with Crippen molar-refractivity contribution in [1.82, 2.24) is 20.0 Å². The van der Waals surface area contributed by atoms with E-state index in [-0.39, 0.29) is 17.1 Å². The summed E-state index contributed by atoms with van der Waals surface area (Å²) in [6, 6.07) is -0.775. The Kier molecular flexibility index (Phi) is 10.0. The van der Waals surface area contributed by atoms with Gasteiger partial charge < -0.3 is 20.0 Å². The maximum absolute atomic E-state index is 12.9. The van der Waals surface area contributed by atoms with Crippen LogP contribution < -0.4 is 5.32 Å². The number of nitrogens with zero attached hydrogens (tertiary/aromatic N) is 3. The molecular formula is C21H36N4O3S. The second-order valence-electron chi connectivity index (χ2n) is 7.98. The Bertz CT molecular complexity index is 603. The van der Waals surface area contributed by atoms with E-state index < -0.39 is 6.04 Å². The number of hydrogen-bond acceptors (Lipinski definition) is 5. The quantitative estimate of drug-likeness (QED) is 0.606. The van der Waals surface area contributed by atoms with Crippen LogP contribution in [0, 0.1) is 0 Å². The molecule has 1 atom stereocenters. The predicted molar refractivity (Wildman–Crippen MR) is 118 cm³/mol. The minimum absolute atomic E-state index is 0.0282. The first-order chi connectivity index (χ1) is 13.9. The first-order valence-electron chi connectivity index (χ1n) is 10.7. The summed E-state index contributed by atoms with van der Waals surface area (Å²) >= 11 is 1.23. The van der Waals surface area contributed by atoms with Crippen LogP contribution in [0.1, 0.15) is 46.0 Å². The van der Waals surface area contributed by atoms with Gasteiger partial charge in [-0.15, -0.1) is 0 Å². The lowest BCUT2D eigenvalue weighted by Gasteiger charge is -2.34. The SMILES string of the molecule is CC(=O)SCCN(CCC1=CCCCC1)C(=O)NC(C)C(=O)N1CCN(C)CC1. The first-order valence-corrected chi connectivity index (χ1v) is 11.7. The molecule has 1 unspecified atom stereocenters. The molecule has 1 N–H and O–H groups in total. The molecule has 3 amide bonds. The molecule has 1 saturated heterocycles. The van der Waals surface area contributed by atoms with Gasteiger partial charge in [-0.2, -0.15) is 0 Å². The predicted octanol–water partition coefficient (Wildman–Crippen LogP) is 2.33. The number of carbonyl (C=O) groups is 3. The average molecular weight is 425 g/mol. The van der Waals surface area contributed by atoms with Crippen molar-refractivity contribution in [1.29, 1.82) is 0 Å². The van der Waals surface area contributed by atoms with E-state index in [1.807, 2.05) is 11.9 Å². The molecule has 1 aliphatic heterocycles. The van der Waals surface area contributed by atoms with Crippen LogP contribution in [0.25, 0.3) is 0 Å². The van der Waals surface area contributed by atoms with Gasteiger partial charge in [0.05, 0.1) is 0 Å². The van der Waals surface area contributed by atoms with Gasteiger partial charge in [0.1, 0.15) is 6.04 Å². The maximum Gasteiger partial charge on any atom is 0.318 e. The minimum atomic E-state index is -0.553. The van der Waals surface area contributed by atoms with Crippen LogP contribution in [0.5, 0.6) is 0 Å². The third-order valence-corrected chi connectivity index (χ3v) is 6.36. The van der Waals surface area contributed by atoms with Gasteiger partial charge in [0, 0.05) is 51.9 Å². The van der Waals surface area contributed by atoms with Crippen molar-refractivity contribution < 1.29 is 14.4 Å². The number of rotatable bonds is 8. The molecule has 1 heterocycles. The molecule has 1 fully saturated rings. The van der Waals surface area contributed by atoms with Gasteiger partial charge >= 0.3 is 6.03 Å². The van der Waals surface area contributed by atoms with Crippen molar-refractivity contribution in [3.8, 4) is 0 Å². The number of urea groups is 1. The number of likely N-dealkylation sites (N-methyl/N-ethyl adjacent to an activating group) is 1. The Morgan fingerprint density at radius 1 is 1.17 bits per heavy atom. The number of amides is 3. The molecule has 164 valence electrons. The number of hydrogen-bond donors (Lipinski definition) is 1. The highest BCUT2D eigenvalue weighted by atomic mass is 32.2. The third kappa shape index (κ3) is 8.38. The van der Waals surface area contributed by atoms with Crippen LogP contribution >= 0.6 is 11.8 Å². The normalized spacial score (nSPS) is 18.7. The van der Waals surface area contributed by atoms with Crippen LogP contribution in [0.4, 0.5) is 4.79 Å². The molecule has 8 heteroatoms. The number of allylic oxidation sites excluding steroid dienone is 1. The summed E-state index contributed by atoms with van der Waals surface area (Å²) in [5, 5.41) is 2.94. The van der Waals surface area contributed by atoms with Crippen molar-refractivity contribution in [3.63, 3.8) is 0 Å². The van der Waals surface area contributed by atoms with Gasteiger partial charge in [-0.1, -0.05) is 23.4 Å². The number of nitrogens with one attached hydrogen (secondary N) is 1. The van der Waals surface area contributed by atoms with Crippen LogP contribution in [-0.2, 0) is 9.59 Å². The molecule has 0 saturated carbocycles. The van der Waals surface area contributed by atoms with Gasteiger partial charge in [-0.25, -0.2) is 4.79 Å². The summed E-state index contributed by atoms with van der Waals surface area (Å²) in [6.07, 6.45) is 7.85. The molecule has 0 aromatic heterocycles. The van der Waals surface area contributed by atoms with Crippen molar-refractivity contribution in [2.45, 2.75) is 52.0 Å². The summed E-state index contributed by atoms with van der Waals surface area (Å²) < 4.78 is 0. The van der Waals surface area contributed by atoms with Crippen LogP contribution in [0.2, 0.25) is 0 Å². The van der Waals surface area contributed by atoms with Crippen LogP contribution in [-0.4, -0.2) is 89.9 Å². The van der Waals surface area contributed by atoms with Crippen molar-refractivity contribution in [2.24, 2.45) is 0 Å². The Labute approximate surface area is 179 Å². The van der Waals surface area contributed by atoms with Gasteiger partial charge in [0.2, 0.25) is 5.91 Å². The monoisotopic (exact) mass is 424 g/mol. The zero-order chi connectivity index (χ0) is 21.2. The van der Waals surface area contributed by atoms with Crippen molar-refractivity contribution in [3.05, 3.63) is 11.6 Å². The lowest BCUT2D eigenvalue weighted by Crippen LogP contribution is -2.55. The maximum atomic E-state index is 12.9. The smallest absolute Gasteiger partial charge is 0.318 e. The zero-order valence-corrected chi connectivity index (χ0v) is 18.9. The Morgan fingerprint density at radius 3 is 2.52 bits per heavy atom. The van der Waals surface area contributed by atoms with Gasteiger partial charge in [0.25, 0.3) is 0 Å². The molecule has 2 aliphatic rings. The highest BCUT2D eigenvalue weighted by Gasteiger charge is 2.26. The topological polar surface area (TPSA) is 73.0 Å². The van der Waals surface area contributed by atoms with E-state index in [1.54, 1.807) is 18.7 Å². The molecule has 0 aromatic rings. The third-order valence-electron chi connectivity index (χ3n) is 5.57. The molecular weight excluding hydrogens is 388 g/mol. The second kappa shape index (κ2) is 12.2. The highest BCUT2D eigenvalue weighted by molar-refractivity contribution is 8.13. The summed E-state index contributed by atoms with van der Waals surface area (Å²) in [5.74, 6) is 0.544. The average Bonchev–Trinajstić information content (AvgIpc) is 2.71. The fourth-order valence-electron chi connectivity index (χ4n) is 3.66. The summed E-state index contributed by atoms with van der Waals surface area (Å²) in [6.45, 7) is 7.52. The van der Waals surface area contributed by atoms with Crippen molar-refractivity contribution in [2.75, 3.05) is 52.1 Å². The Hall–Kier alpha value is -1.54. The number of piperazine rings is 1. The molecule has 0 bridgehead atoms. The largest absolute Gasteiger partial charge is 0.338 e. The standard InChI is InChI=1S/C21H36N4O3S/c1-17(20(27)24-13-11-23(3)12-14-24)22-21(28)25(15-16-29-18(2)26)10-9-19-7-5-4-6-8-19/h7,17H,4-6,8-16H2,1-3H3,(H,22,28). The van der Waals surface area contributed by atoms with E-state index in [1.165, 1.54) is 30.2 Å². The number of thioether (sulfide) groups is 1. The fourth-order valence-corrected chi connectivity index (χ4v) is 4.26. The van der Waals surface area contributed by atoms with E-state index in [2.05, 4.69) is 16.3 Å². The highest BCUT2D eigenvalue weighted by Crippen LogP contribution is 2.20. The second-order valence-corrected chi connectivity index (χ2v) is 9.26. The lowest BCUT2D eigenvalue weighted by molar-refractivity contribution is -0.134. The van der Waals surface area contributed by atoms with E-state index in [9.17, 15) is 14.4 Å². The Morgan fingerprint density at radius 2 is 1.90 bits per heavy atom. The number of carbonyl (C=O) groups excluding carboxylic acids is 3. The molecule has 0 aromatic carbocycles. The van der Waals surface area contributed by atoms with Crippen molar-refractivity contribution >= 4 is 28.8 Å². The van der Waals surface area contributed by atoms with E-state index >= 15 is 0 Å². The summed E-state index contributed by atoms with van der Waals surface area (Å²) in [5.41, 5.74) is 1.41. The van der Waals surface area contributed by atoms with E-state index in [4.69, 9.17) is 0 Å². The van der Waals surface area contributed by atoms with Gasteiger partial charge in [0.15, 0.2) is 5.12 Å². The van der Waals surface area contributed by atoms with Crippen LogP contribution in [0.15, 0.2) is 11.6 Å². The molecule has 0 radical (unpaired) electrons. The lowest BCUT2D eigenvalue weighted by atomic mass is 9.97. The molecule has 7 nitrogen and oxygen atoms in total. The van der Waals surface area contributed by atoms with Crippen LogP contribution in [0.3, 0.4) is 0 Å². The van der Waals surface area contributed by atoms with Gasteiger partial charge in [-0.05, 0) is 46.1 Å². The zero-order valence-electron chi connectivity index (χ0n) is 18.1. The first kappa shape index (κ1) is 23.7. The molecule has 1 aliphatic carbocycles. The molecule has 29 heavy (non-hydrogen) atoms. The summed E-state index contributed by atoms with van der Waals surface area (Å²) in [4.78, 5) is 42.6. The summed E-state index contributed by atoms with van der Waals surface area (Å²) in [7, 11) is 2.05. The molecule has 2 rings (SSSR count). The van der Waals surface area contributed by atoms with E-state index in [0.29, 0.717) is 31.9 Å². The molecule has 0 spiro atoms. The Balaban J connectivity index is 1.88.